The summed E-state index contributed by atoms with van der Waals surface area (Å²) in [6.07, 6.45) is 3.71. The third kappa shape index (κ3) is 3.54. The number of nitrogens with one attached hydrogen (secondary N) is 1. The van der Waals surface area contributed by atoms with E-state index < -0.39 is 0 Å². The average Bonchev–Trinajstić information content (AvgIpc) is 3.03. The Labute approximate surface area is 153 Å². The topological polar surface area (TPSA) is 67.6 Å². The molecule has 0 radical (unpaired) electrons. The molecule has 1 N–H and O–H groups in total. The summed E-state index contributed by atoms with van der Waals surface area (Å²) in [5.41, 5.74) is 4.07. The van der Waals surface area contributed by atoms with Gasteiger partial charge in [0.1, 0.15) is 5.82 Å². The summed E-state index contributed by atoms with van der Waals surface area (Å²) in [6, 6.07) is 8.48. The van der Waals surface area contributed by atoms with Gasteiger partial charge in [-0.2, -0.15) is 9.61 Å². The van der Waals surface area contributed by atoms with E-state index in [4.69, 9.17) is 4.74 Å². The van der Waals surface area contributed by atoms with Crippen LogP contribution in [0.2, 0.25) is 0 Å². The minimum absolute atomic E-state index is 0.252. The first-order chi connectivity index (χ1) is 12.7. The molecule has 136 valence electrons. The molecule has 7 nitrogen and oxygen atoms in total. The number of nitrogens with zero attached hydrogens (tertiary/aromatic N) is 5. The van der Waals surface area contributed by atoms with E-state index in [1.807, 2.05) is 42.9 Å². The highest BCUT2D eigenvalue weighted by Crippen LogP contribution is 2.23. The van der Waals surface area contributed by atoms with E-state index in [0.29, 0.717) is 0 Å². The Morgan fingerprint density at radius 3 is 2.65 bits per heavy atom. The summed E-state index contributed by atoms with van der Waals surface area (Å²) in [6.45, 7) is 8.19. The molecule has 7 heteroatoms. The Hall–Kier alpha value is -2.51. The van der Waals surface area contributed by atoms with Crippen LogP contribution >= 0.6 is 0 Å². The lowest BCUT2D eigenvalue weighted by Gasteiger charge is -2.35. The second kappa shape index (κ2) is 7.39. The van der Waals surface area contributed by atoms with Crippen LogP contribution in [0.15, 0.2) is 36.7 Å². The second-order valence-electron chi connectivity index (χ2n) is 6.66. The summed E-state index contributed by atoms with van der Waals surface area (Å²) >= 11 is 0. The van der Waals surface area contributed by atoms with Gasteiger partial charge in [0.05, 0.1) is 24.9 Å². The van der Waals surface area contributed by atoms with E-state index in [2.05, 4.69) is 37.4 Å². The molecule has 4 rings (SSSR count). The maximum Gasteiger partial charge on any atom is 0.157 e. The number of ether oxygens (including phenoxy) is 1. The minimum Gasteiger partial charge on any atom is -0.379 e. The smallest absolute Gasteiger partial charge is 0.157 e. The monoisotopic (exact) mass is 352 g/mol. The van der Waals surface area contributed by atoms with Crippen molar-refractivity contribution in [3.63, 3.8) is 0 Å². The molecule has 0 unspecified atom stereocenters. The minimum atomic E-state index is 0.252. The van der Waals surface area contributed by atoms with Crippen LogP contribution in [0.5, 0.6) is 0 Å². The van der Waals surface area contributed by atoms with Gasteiger partial charge in [0.15, 0.2) is 5.65 Å². The van der Waals surface area contributed by atoms with Crippen LogP contribution in [-0.2, 0) is 4.74 Å². The van der Waals surface area contributed by atoms with E-state index in [1.165, 1.54) is 5.56 Å². The molecule has 1 fully saturated rings. The summed E-state index contributed by atoms with van der Waals surface area (Å²) in [5.74, 6) is 0.966. The normalized spacial score (nSPS) is 16.7. The largest absolute Gasteiger partial charge is 0.379 e. The predicted molar refractivity (Wildman–Crippen MR) is 100 cm³/mol. The number of aromatic nitrogens is 4. The molecule has 4 heterocycles. The van der Waals surface area contributed by atoms with Crippen molar-refractivity contribution >= 4 is 11.5 Å². The van der Waals surface area contributed by atoms with Crippen molar-refractivity contribution < 1.29 is 4.74 Å². The molecule has 26 heavy (non-hydrogen) atoms. The zero-order valence-corrected chi connectivity index (χ0v) is 15.2. The van der Waals surface area contributed by atoms with Crippen molar-refractivity contribution in [2.75, 3.05) is 38.2 Å². The molecule has 0 spiro atoms. The molecule has 1 aliphatic heterocycles. The molecule has 1 aliphatic rings. The third-order valence-corrected chi connectivity index (χ3v) is 4.73. The number of pyridine rings is 1. The van der Waals surface area contributed by atoms with Gasteiger partial charge < -0.3 is 10.1 Å². The van der Waals surface area contributed by atoms with Crippen LogP contribution in [-0.4, -0.2) is 57.3 Å². The summed E-state index contributed by atoms with van der Waals surface area (Å²) in [7, 11) is 0. The van der Waals surface area contributed by atoms with Crippen LogP contribution in [0.1, 0.15) is 23.0 Å². The van der Waals surface area contributed by atoms with Crippen molar-refractivity contribution in [3.8, 4) is 0 Å². The standard InChI is InChI=1S/C19H24N6O/c1-14-11-18(25-19(22-14)12-15(2)23-25)21-13-17(16-3-5-20-6-4-16)24-7-9-26-10-8-24/h3-6,11-12,17,21H,7-10,13H2,1-2H3/t17-/m0/s1. The number of hydrogen-bond acceptors (Lipinski definition) is 6. The van der Waals surface area contributed by atoms with E-state index >= 15 is 0 Å². The van der Waals surface area contributed by atoms with Crippen molar-refractivity contribution in [3.05, 3.63) is 53.6 Å². The van der Waals surface area contributed by atoms with Gasteiger partial charge in [-0.25, -0.2) is 4.98 Å². The molecule has 1 saturated heterocycles. The highest BCUT2D eigenvalue weighted by atomic mass is 16.5. The zero-order chi connectivity index (χ0) is 17.9. The number of anilines is 1. The Morgan fingerprint density at radius 1 is 1.12 bits per heavy atom. The molecule has 0 amide bonds. The number of hydrogen-bond donors (Lipinski definition) is 1. The van der Waals surface area contributed by atoms with Crippen molar-refractivity contribution in [2.45, 2.75) is 19.9 Å². The van der Waals surface area contributed by atoms with Gasteiger partial charge in [-0.05, 0) is 31.5 Å². The molecular weight excluding hydrogens is 328 g/mol. The van der Waals surface area contributed by atoms with Crippen LogP contribution in [0.4, 0.5) is 5.82 Å². The summed E-state index contributed by atoms with van der Waals surface area (Å²) in [5, 5.41) is 8.16. The lowest BCUT2D eigenvalue weighted by Crippen LogP contribution is -2.41. The van der Waals surface area contributed by atoms with Crippen LogP contribution in [0.25, 0.3) is 5.65 Å². The fourth-order valence-corrected chi connectivity index (χ4v) is 3.47. The first-order valence-electron chi connectivity index (χ1n) is 9.00. The van der Waals surface area contributed by atoms with Crippen molar-refractivity contribution in [1.82, 2.24) is 24.5 Å². The van der Waals surface area contributed by atoms with E-state index in [-0.39, 0.29) is 6.04 Å². The van der Waals surface area contributed by atoms with E-state index in [9.17, 15) is 0 Å². The maximum absolute atomic E-state index is 5.53. The lowest BCUT2D eigenvalue weighted by molar-refractivity contribution is 0.0187. The molecule has 3 aromatic heterocycles. The summed E-state index contributed by atoms with van der Waals surface area (Å²) < 4.78 is 7.41. The highest BCUT2D eigenvalue weighted by molar-refractivity contribution is 5.50. The number of morpholine rings is 1. The summed E-state index contributed by atoms with van der Waals surface area (Å²) in [4.78, 5) is 11.2. The second-order valence-corrected chi connectivity index (χ2v) is 6.66. The molecule has 0 saturated carbocycles. The highest BCUT2D eigenvalue weighted by Gasteiger charge is 2.23. The fourth-order valence-electron chi connectivity index (χ4n) is 3.47. The molecule has 0 aromatic carbocycles. The average molecular weight is 352 g/mol. The first kappa shape index (κ1) is 16.9. The Morgan fingerprint density at radius 2 is 1.88 bits per heavy atom. The quantitative estimate of drug-likeness (QED) is 0.759. The SMILES string of the molecule is Cc1cc(NC[C@@H](c2ccncc2)N2CCOCC2)n2nc(C)cc2n1. The Balaban J connectivity index is 1.60. The van der Waals surface area contributed by atoms with Crippen molar-refractivity contribution in [2.24, 2.45) is 0 Å². The molecule has 3 aromatic rings. The molecule has 1 atom stereocenters. The van der Waals surface area contributed by atoms with Crippen LogP contribution in [0, 0.1) is 13.8 Å². The molecular formula is C19H24N6O. The molecule has 0 bridgehead atoms. The van der Waals surface area contributed by atoms with Gasteiger partial charge in [-0.3, -0.25) is 9.88 Å². The Bertz CT molecular complexity index is 872. The predicted octanol–water partition coefficient (Wildman–Crippen LogP) is 2.23. The molecule has 0 aliphatic carbocycles. The Kier molecular flexibility index (Phi) is 4.81. The van der Waals surface area contributed by atoms with Crippen LogP contribution in [0.3, 0.4) is 0 Å². The van der Waals surface area contributed by atoms with Gasteiger partial charge in [-0.15, -0.1) is 0 Å². The number of fused-ring (bicyclic) bond motifs is 1. The first-order valence-corrected chi connectivity index (χ1v) is 9.00. The number of aryl methyl sites for hydroxylation is 2. The van der Waals surface area contributed by atoms with Gasteiger partial charge in [0.25, 0.3) is 0 Å². The fraction of sp³-hybridized carbons (Fsp3) is 0.421. The van der Waals surface area contributed by atoms with Crippen LogP contribution < -0.4 is 5.32 Å². The van der Waals surface area contributed by atoms with E-state index in [0.717, 1.165) is 55.7 Å². The zero-order valence-electron chi connectivity index (χ0n) is 15.2. The van der Waals surface area contributed by atoms with Gasteiger partial charge in [0, 0.05) is 49.9 Å². The van der Waals surface area contributed by atoms with Gasteiger partial charge in [0.2, 0.25) is 0 Å². The van der Waals surface area contributed by atoms with Gasteiger partial charge >= 0.3 is 0 Å². The maximum atomic E-state index is 5.53. The van der Waals surface area contributed by atoms with E-state index in [1.54, 1.807) is 0 Å². The number of rotatable bonds is 5. The third-order valence-electron chi connectivity index (χ3n) is 4.73. The lowest BCUT2D eigenvalue weighted by atomic mass is 10.1. The van der Waals surface area contributed by atoms with Crippen molar-refractivity contribution in [1.29, 1.82) is 0 Å². The van der Waals surface area contributed by atoms with Gasteiger partial charge in [-0.1, -0.05) is 0 Å².